The molecule has 3 N–H and O–H groups in total. The van der Waals surface area contributed by atoms with Crippen LogP contribution in [0.3, 0.4) is 0 Å². The Balaban J connectivity index is 2.42. The third-order valence-corrected chi connectivity index (χ3v) is 3.26. The molecule has 1 heterocycles. The van der Waals surface area contributed by atoms with Gasteiger partial charge in [-0.25, -0.2) is 0 Å². The van der Waals surface area contributed by atoms with Gasteiger partial charge in [0.05, 0.1) is 12.0 Å². The molecule has 0 aliphatic carbocycles. The molecule has 1 aliphatic rings. The van der Waals surface area contributed by atoms with Gasteiger partial charge in [0.15, 0.2) is 0 Å². The van der Waals surface area contributed by atoms with Crippen molar-refractivity contribution in [2.45, 2.75) is 31.7 Å². The molecule has 0 saturated carbocycles. The lowest BCUT2D eigenvalue weighted by Gasteiger charge is -2.32. The Bertz CT molecular complexity index is 296. The molecule has 1 saturated heterocycles. The minimum Gasteiger partial charge on any atom is -0.481 e. The maximum atomic E-state index is 12.0. The van der Waals surface area contributed by atoms with E-state index in [-0.39, 0.29) is 12.5 Å². The van der Waals surface area contributed by atoms with Crippen LogP contribution in [0, 0.1) is 5.92 Å². The van der Waals surface area contributed by atoms with E-state index in [0.717, 1.165) is 12.8 Å². The summed E-state index contributed by atoms with van der Waals surface area (Å²) in [5, 5.41) is 8.96. The number of ether oxygens (including phenoxy) is 1. The van der Waals surface area contributed by atoms with Gasteiger partial charge in [-0.15, -0.1) is 0 Å². The number of hydrogen-bond acceptors (Lipinski definition) is 4. The molecule has 0 aromatic rings. The zero-order valence-electron chi connectivity index (χ0n) is 10.8. The number of rotatable bonds is 6. The Morgan fingerprint density at radius 1 is 1.56 bits per heavy atom. The summed E-state index contributed by atoms with van der Waals surface area (Å²) < 4.78 is 4.91. The van der Waals surface area contributed by atoms with Crippen LogP contribution in [0.25, 0.3) is 0 Å². The first-order chi connectivity index (χ1) is 8.56. The van der Waals surface area contributed by atoms with Crippen molar-refractivity contribution in [2.75, 3.05) is 26.8 Å². The van der Waals surface area contributed by atoms with Crippen LogP contribution in [0.1, 0.15) is 25.7 Å². The lowest BCUT2D eigenvalue weighted by molar-refractivity contribution is -0.146. The summed E-state index contributed by atoms with van der Waals surface area (Å²) in [6, 6.07) is -0.548. The molecular formula is C12H22N2O4. The SMILES string of the molecule is COCCCC(N)C(=O)N1CCCC(C(=O)O)C1. The van der Waals surface area contributed by atoms with Gasteiger partial charge in [0, 0.05) is 26.8 Å². The molecule has 104 valence electrons. The maximum Gasteiger partial charge on any atom is 0.308 e. The Kier molecular flexibility index (Phi) is 6.07. The van der Waals surface area contributed by atoms with Crippen molar-refractivity contribution in [1.29, 1.82) is 0 Å². The number of carboxylic acid groups (broad SMARTS) is 1. The van der Waals surface area contributed by atoms with Gasteiger partial charge in [-0.1, -0.05) is 0 Å². The minimum absolute atomic E-state index is 0.142. The molecule has 6 heteroatoms. The summed E-state index contributed by atoms with van der Waals surface area (Å²) in [6.45, 7) is 1.48. The number of likely N-dealkylation sites (tertiary alicyclic amines) is 1. The fraction of sp³-hybridized carbons (Fsp3) is 0.833. The van der Waals surface area contributed by atoms with Crippen LogP contribution in [-0.2, 0) is 14.3 Å². The molecule has 6 nitrogen and oxygen atoms in total. The van der Waals surface area contributed by atoms with Crippen molar-refractivity contribution in [1.82, 2.24) is 4.90 Å². The van der Waals surface area contributed by atoms with E-state index in [1.165, 1.54) is 0 Å². The predicted octanol–water partition coefficient (Wildman–Crippen LogP) is 0.0635. The fourth-order valence-electron chi connectivity index (χ4n) is 2.18. The summed E-state index contributed by atoms with van der Waals surface area (Å²) in [5.74, 6) is -1.42. The molecule has 2 atom stereocenters. The van der Waals surface area contributed by atoms with Gasteiger partial charge in [0.1, 0.15) is 0 Å². The lowest BCUT2D eigenvalue weighted by atomic mass is 9.97. The maximum absolute atomic E-state index is 12.0. The van der Waals surface area contributed by atoms with Crippen LogP contribution in [-0.4, -0.2) is 54.7 Å². The van der Waals surface area contributed by atoms with E-state index in [0.29, 0.717) is 26.0 Å². The van der Waals surface area contributed by atoms with Crippen LogP contribution in [0.5, 0.6) is 0 Å². The number of nitrogens with zero attached hydrogens (tertiary/aromatic N) is 1. The number of carbonyl (C=O) groups is 2. The highest BCUT2D eigenvalue weighted by Gasteiger charge is 2.30. The van der Waals surface area contributed by atoms with Crippen molar-refractivity contribution in [3.05, 3.63) is 0 Å². The average Bonchev–Trinajstić information content (AvgIpc) is 2.38. The first-order valence-corrected chi connectivity index (χ1v) is 6.32. The summed E-state index contributed by atoms with van der Waals surface area (Å²) in [4.78, 5) is 24.5. The van der Waals surface area contributed by atoms with Crippen molar-refractivity contribution in [3.63, 3.8) is 0 Å². The quantitative estimate of drug-likeness (QED) is 0.657. The number of nitrogens with two attached hydrogens (primary N) is 1. The number of methoxy groups -OCH3 is 1. The van der Waals surface area contributed by atoms with Crippen LogP contribution < -0.4 is 5.73 Å². The normalized spacial score (nSPS) is 21.7. The molecule has 18 heavy (non-hydrogen) atoms. The molecule has 1 rings (SSSR count). The molecule has 1 aliphatic heterocycles. The predicted molar refractivity (Wildman–Crippen MR) is 66.0 cm³/mol. The number of piperidine rings is 1. The molecule has 1 amide bonds. The Morgan fingerprint density at radius 2 is 2.28 bits per heavy atom. The zero-order chi connectivity index (χ0) is 13.5. The highest BCUT2D eigenvalue weighted by Crippen LogP contribution is 2.17. The summed E-state index contributed by atoms with van der Waals surface area (Å²) in [5.41, 5.74) is 5.82. The van der Waals surface area contributed by atoms with E-state index in [1.807, 2.05) is 0 Å². The van der Waals surface area contributed by atoms with Crippen LogP contribution in [0.4, 0.5) is 0 Å². The smallest absolute Gasteiger partial charge is 0.308 e. The van der Waals surface area contributed by atoms with E-state index < -0.39 is 17.9 Å². The second-order valence-corrected chi connectivity index (χ2v) is 4.70. The number of carboxylic acids is 1. The standard InChI is InChI=1S/C12H22N2O4/c1-18-7-3-5-10(13)11(15)14-6-2-4-9(8-14)12(16)17/h9-10H,2-8,13H2,1H3,(H,16,17). The first kappa shape index (κ1) is 14.9. The lowest BCUT2D eigenvalue weighted by Crippen LogP contribution is -2.49. The van der Waals surface area contributed by atoms with Gasteiger partial charge >= 0.3 is 5.97 Å². The molecule has 0 bridgehead atoms. The van der Waals surface area contributed by atoms with E-state index in [4.69, 9.17) is 15.6 Å². The summed E-state index contributed by atoms with van der Waals surface area (Å²) in [6.07, 6.45) is 2.67. The topological polar surface area (TPSA) is 92.9 Å². The van der Waals surface area contributed by atoms with Crippen LogP contribution >= 0.6 is 0 Å². The molecular weight excluding hydrogens is 236 g/mol. The van der Waals surface area contributed by atoms with Gasteiger partial charge in [0.25, 0.3) is 0 Å². The average molecular weight is 258 g/mol. The van der Waals surface area contributed by atoms with E-state index >= 15 is 0 Å². The number of amides is 1. The zero-order valence-corrected chi connectivity index (χ0v) is 10.8. The van der Waals surface area contributed by atoms with Crippen molar-refractivity contribution < 1.29 is 19.4 Å². The van der Waals surface area contributed by atoms with Gasteiger partial charge in [-0.05, 0) is 25.7 Å². The number of hydrogen-bond donors (Lipinski definition) is 2. The second kappa shape index (κ2) is 7.33. The van der Waals surface area contributed by atoms with Gasteiger partial charge in [-0.2, -0.15) is 0 Å². The van der Waals surface area contributed by atoms with Crippen molar-refractivity contribution >= 4 is 11.9 Å². The summed E-state index contributed by atoms with van der Waals surface area (Å²) >= 11 is 0. The molecule has 2 unspecified atom stereocenters. The Labute approximate surface area is 107 Å². The third kappa shape index (κ3) is 4.27. The molecule has 0 radical (unpaired) electrons. The molecule has 0 aromatic heterocycles. The molecule has 0 spiro atoms. The Hall–Kier alpha value is -1.14. The van der Waals surface area contributed by atoms with Gasteiger partial charge < -0.3 is 20.5 Å². The van der Waals surface area contributed by atoms with Gasteiger partial charge in [-0.3, -0.25) is 9.59 Å². The third-order valence-electron chi connectivity index (χ3n) is 3.26. The van der Waals surface area contributed by atoms with Crippen LogP contribution in [0.15, 0.2) is 0 Å². The summed E-state index contributed by atoms with van der Waals surface area (Å²) in [7, 11) is 1.61. The van der Waals surface area contributed by atoms with E-state index in [2.05, 4.69) is 0 Å². The molecule has 0 aromatic carbocycles. The van der Waals surface area contributed by atoms with E-state index in [1.54, 1.807) is 12.0 Å². The Morgan fingerprint density at radius 3 is 2.89 bits per heavy atom. The van der Waals surface area contributed by atoms with Gasteiger partial charge in [0.2, 0.25) is 5.91 Å². The number of carbonyl (C=O) groups excluding carboxylic acids is 1. The monoisotopic (exact) mass is 258 g/mol. The highest BCUT2D eigenvalue weighted by atomic mass is 16.5. The highest BCUT2D eigenvalue weighted by molar-refractivity contribution is 5.82. The first-order valence-electron chi connectivity index (χ1n) is 6.32. The minimum atomic E-state index is -0.833. The second-order valence-electron chi connectivity index (χ2n) is 4.70. The van der Waals surface area contributed by atoms with Crippen molar-refractivity contribution in [2.24, 2.45) is 11.7 Å². The van der Waals surface area contributed by atoms with Crippen molar-refractivity contribution in [3.8, 4) is 0 Å². The fourth-order valence-corrected chi connectivity index (χ4v) is 2.18. The van der Waals surface area contributed by atoms with E-state index in [9.17, 15) is 9.59 Å². The van der Waals surface area contributed by atoms with Crippen LogP contribution in [0.2, 0.25) is 0 Å². The largest absolute Gasteiger partial charge is 0.481 e. The molecule has 1 fully saturated rings. The number of aliphatic carboxylic acids is 1.